The minimum Gasteiger partial charge on any atom is -0.381 e. The van der Waals surface area contributed by atoms with E-state index in [0.29, 0.717) is 6.54 Å². The van der Waals surface area contributed by atoms with Gasteiger partial charge in [-0.25, -0.2) is 0 Å². The van der Waals surface area contributed by atoms with E-state index < -0.39 is 0 Å². The van der Waals surface area contributed by atoms with Crippen LogP contribution >= 0.6 is 0 Å². The minimum atomic E-state index is -0.147. The molecule has 0 bridgehead atoms. The number of aliphatic imine (C=N–C) groups is 1. The average molecular weight is 271 g/mol. The Balaban J connectivity index is 2.51. The summed E-state index contributed by atoms with van der Waals surface area (Å²) in [7, 11) is 1.78. The van der Waals surface area contributed by atoms with Crippen molar-refractivity contribution in [3.8, 4) is 0 Å². The second kappa shape index (κ2) is 9.15. The lowest BCUT2D eigenvalue weighted by atomic mass is 9.94. The first-order valence-electron chi connectivity index (χ1n) is 7.41. The maximum atomic E-state index is 5.69. The molecule has 5 nitrogen and oxygen atoms in total. The molecule has 0 unspecified atom stereocenters. The molecule has 0 aliphatic carbocycles. The van der Waals surface area contributed by atoms with Gasteiger partial charge in [-0.2, -0.15) is 0 Å². The Kier molecular flexibility index (Phi) is 7.82. The summed E-state index contributed by atoms with van der Waals surface area (Å²) in [5.41, 5.74) is -0.147. The summed E-state index contributed by atoms with van der Waals surface area (Å²) in [5, 5.41) is 6.63. The molecule has 0 aromatic heterocycles. The Hall–Kier alpha value is -0.810. The SMILES string of the molecule is CCCCNC(=NCC1(OC)CCOCC1)NCC. The van der Waals surface area contributed by atoms with Crippen LogP contribution in [-0.2, 0) is 9.47 Å². The fourth-order valence-electron chi connectivity index (χ4n) is 2.12. The lowest BCUT2D eigenvalue weighted by Crippen LogP contribution is -2.44. The summed E-state index contributed by atoms with van der Waals surface area (Å²) in [6, 6.07) is 0. The van der Waals surface area contributed by atoms with E-state index in [1.165, 1.54) is 6.42 Å². The van der Waals surface area contributed by atoms with Gasteiger partial charge < -0.3 is 20.1 Å². The van der Waals surface area contributed by atoms with Gasteiger partial charge in [0.05, 0.1) is 12.1 Å². The van der Waals surface area contributed by atoms with Gasteiger partial charge in [-0.15, -0.1) is 0 Å². The lowest BCUT2D eigenvalue weighted by molar-refractivity contribution is -0.0828. The Morgan fingerprint density at radius 1 is 1.26 bits per heavy atom. The van der Waals surface area contributed by atoms with Crippen LogP contribution in [0.5, 0.6) is 0 Å². The monoisotopic (exact) mass is 271 g/mol. The van der Waals surface area contributed by atoms with E-state index in [2.05, 4.69) is 29.5 Å². The van der Waals surface area contributed by atoms with Crippen molar-refractivity contribution in [1.29, 1.82) is 0 Å². The van der Waals surface area contributed by atoms with E-state index in [1.807, 2.05) is 0 Å². The third-order valence-corrected chi connectivity index (χ3v) is 3.53. The predicted molar refractivity (Wildman–Crippen MR) is 78.7 cm³/mol. The van der Waals surface area contributed by atoms with Crippen molar-refractivity contribution in [2.24, 2.45) is 4.99 Å². The summed E-state index contributed by atoms with van der Waals surface area (Å²) in [4.78, 5) is 4.67. The summed E-state index contributed by atoms with van der Waals surface area (Å²) in [5.74, 6) is 0.888. The molecular weight excluding hydrogens is 242 g/mol. The molecule has 0 aromatic rings. The van der Waals surface area contributed by atoms with Crippen molar-refractivity contribution in [2.45, 2.75) is 45.1 Å². The van der Waals surface area contributed by atoms with Crippen LogP contribution in [0, 0.1) is 0 Å². The molecule has 1 fully saturated rings. The van der Waals surface area contributed by atoms with Gasteiger partial charge in [-0.1, -0.05) is 13.3 Å². The maximum absolute atomic E-state index is 5.69. The van der Waals surface area contributed by atoms with Crippen molar-refractivity contribution in [1.82, 2.24) is 10.6 Å². The van der Waals surface area contributed by atoms with Crippen LogP contribution in [0.15, 0.2) is 4.99 Å². The van der Waals surface area contributed by atoms with Gasteiger partial charge in [0.1, 0.15) is 0 Å². The predicted octanol–water partition coefficient (Wildman–Crippen LogP) is 1.54. The number of nitrogens with one attached hydrogen (secondary N) is 2. The number of hydrogen-bond donors (Lipinski definition) is 2. The van der Waals surface area contributed by atoms with Gasteiger partial charge in [0, 0.05) is 46.3 Å². The van der Waals surface area contributed by atoms with E-state index >= 15 is 0 Å². The molecule has 0 saturated carbocycles. The third kappa shape index (κ3) is 5.78. The van der Waals surface area contributed by atoms with Crippen molar-refractivity contribution in [2.75, 3.05) is 40.0 Å². The summed E-state index contributed by atoms with van der Waals surface area (Å²) >= 11 is 0. The Bertz CT molecular complexity index is 263. The first kappa shape index (κ1) is 16.2. The Labute approximate surface area is 117 Å². The van der Waals surface area contributed by atoms with E-state index in [9.17, 15) is 0 Å². The van der Waals surface area contributed by atoms with Gasteiger partial charge in [-0.3, -0.25) is 4.99 Å². The van der Waals surface area contributed by atoms with Crippen LogP contribution in [-0.4, -0.2) is 51.5 Å². The zero-order valence-electron chi connectivity index (χ0n) is 12.6. The highest BCUT2D eigenvalue weighted by atomic mass is 16.5. The molecule has 112 valence electrons. The van der Waals surface area contributed by atoms with Crippen molar-refractivity contribution >= 4 is 5.96 Å². The van der Waals surface area contributed by atoms with Crippen LogP contribution in [0.2, 0.25) is 0 Å². The normalized spacial score (nSPS) is 19.2. The number of unbranched alkanes of at least 4 members (excludes halogenated alkanes) is 1. The third-order valence-electron chi connectivity index (χ3n) is 3.53. The fraction of sp³-hybridized carbons (Fsp3) is 0.929. The molecule has 0 atom stereocenters. The van der Waals surface area contributed by atoms with Gasteiger partial charge in [0.25, 0.3) is 0 Å². The number of hydrogen-bond acceptors (Lipinski definition) is 3. The van der Waals surface area contributed by atoms with Crippen LogP contribution in [0.3, 0.4) is 0 Å². The quantitative estimate of drug-likeness (QED) is 0.419. The van der Waals surface area contributed by atoms with Crippen molar-refractivity contribution < 1.29 is 9.47 Å². The van der Waals surface area contributed by atoms with E-state index in [4.69, 9.17) is 9.47 Å². The Morgan fingerprint density at radius 3 is 2.58 bits per heavy atom. The van der Waals surface area contributed by atoms with Crippen LogP contribution in [0.25, 0.3) is 0 Å². The van der Waals surface area contributed by atoms with Crippen molar-refractivity contribution in [3.63, 3.8) is 0 Å². The molecule has 5 heteroatoms. The molecule has 1 aliphatic heterocycles. The zero-order valence-corrected chi connectivity index (χ0v) is 12.6. The molecule has 0 aromatic carbocycles. The largest absolute Gasteiger partial charge is 0.381 e. The molecule has 0 amide bonds. The number of rotatable bonds is 7. The van der Waals surface area contributed by atoms with Crippen molar-refractivity contribution in [3.05, 3.63) is 0 Å². The highest BCUT2D eigenvalue weighted by Crippen LogP contribution is 2.24. The number of ether oxygens (including phenoxy) is 2. The first-order chi connectivity index (χ1) is 9.26. The summed E-state index contributed by atoms with van der Waals surface area (Å²) in [6.45, 7) is 8.33. The van der Waals surface area contributed by atoms with E-state index in [-0.39, 0.29) is 5.60 Å². The number of guanidine groups is 1. The number of methoxy groups -OCH3 is 1. The lowest BCUT2D eigenvalue weighted by Gasteiger charge is -2.34. The average Bonchev–Trinajstić information content (AvgIpc) is 2.46. The Morgan fingerprint density at radius 2 is 2.00 bits per heavy atom. The molecule has 19 heavy (non-hydrogen) atoms. The molecule has 0 radical (unpaired) electrons. The maximum Gasteiger partial charge on any atom is 0.191 e. The molecule has 1 aliphatic rings. The highest BCUT2D eigenvalue weighted by molar-refractivity contribution is 5.79. The molecular formula is C14H29N3O2. The van der Waals surface area contributed by atoms with Crippen LogP contribution in [0.4, 0.5) is 0 Å². The van der Waals surface area contributed by atoms with Gasteiger partial charge >= 0.3 is 0 Å². The number of nitrogens with zero attached hydrogens (tertiary/aromatic N) is 1. The minimum absolute atomic E-state index is 0.147. The molecule has 2 N–H and O–H groups in total. The standard InChI is InChI=1S/C14H29N3O2/c1-4-6-9-16-13(15-5-2)17-12-14(18-3)7-10-19-11-8-14/h4-12H2,1-3H3,(H2,15,16,17). The summed E-state index contributed by atoms with van der Waals surface area (Å²) in [6.07, 6.45) is 4.18. The van der Waals surface area contributed by atoms with E-state index in [1.54, 1.807) is 7.11 Å². The summed E-state index contributed by atoms with van der Waals surface area (Å²) < 4.78 is 11.1. The van der Waals surface area contributed by atoms with Crippen LogP contribution in [0.1, 0.15) is 39.5 Å². The molecule has 1 saturated heterocycles. The zero-order chi connectivity index (χ0) is 14.0. The highest BCUT2D eigenvalue weighted by Gasteiger charge is 2.32. The van der Waals surface area contributed by atoms with Gasteiger partial charge in [0.15, 0.2) is 5.96 Å². The second-order valence-corrected chi connectivity index (χ2v) is 4.98. The van der Waals surface area contributed by atoms with Crippen LogP contribution < -0.4 is 10.6 Å². The smallest absolute Gasteiger partial charge is 0.191 e. The topological polar surface area (TPSA) is 54.9 Å². The fourth-order valence-corrected chi connectivity index (χ4v) is 2.12. The van der Waals surface area contributed by atoms with E-state index in [0.717, 1.165) is 51.5 Å². The molecule has 0 spiro atoms. The van der Waals surface area contributed by atoms with Gasteiger partial charge in [0.2, 0.25) is 0 Å². The molecule has 1 rings (SSSR count). The first-order valence-corrected chi connectivity index (χ1v) is 7.41. The van der Waals surface area contributed by atoms with Gasteiger partial charge in [-0.05, 0) is 13.3 Å². The second-order valence-electron chi connectivity index (χ2n) is 4.98. The molecule has 1 heterocycles.